The Labute approximate surface area is 94.4 Å². The van der Waals surface area contributed by atoms with Crippen LogP contribution in [0.5, 0.6) is 0 Å². The highest BCUT2D eigenvalue weighted by Crippen LogP contribution is 2.20. The molecule has 0 saturated carbocycles. The molecule has 1 saturated heterocycles. The number of amides is 1. The second-order valence-corrected chi connectivity index (χ2v) is 4.09. The quantitative estimate of drug-likeness (QED) is 0.740. The second-order valence-electron chi connectivity index (χ2n) is 4.09. The minimum Gasteiger partial charge on any atom is -0.365 e. The fourth-order valence-corrected chi connectivity index (χ4v) is 2.04. The van der Waals surface area contributed by atoms with Crippen molar-refractivity contribution in [2.24, 2.45) is 11.5 Å². The van der Waals surface area contributed by atoms with Crippen LogP contribution in [-0.2, 0) is 0 Å². The van der Waals surface area contributed by atoms with Gasteiger partial charge in [-0.2, -0.15) is 0 Å². The molecule has 0 bridgehead atoms. The van der Waals surface area contributed by atoms with Crippen molar-refractivity contribution in [1.29, 1.82) is 0 Å². The van der Waals surface area contributed by atoms with Gasteiger partial charge in [0.25, 0.3) is 5.91 Å². The molecule has 1 aliphatic rings. The number of carbonyl (C=O) groups excluding carboxylic acids is 1. The lowest BCUT2D eigenvalue weighted by Gasteiger charge is -2.32. The van der Waals surface area contributed by atoms with Crippen LogP contribution in [0.25, 0.3) is 0 Å². The van der Waals surface area contributed by atoms with Crippen molar-refractivity contribution in [1.82, 2.24) is 4.98 Å². The number of nitrogens with zero attached hydrogens (tertiary/aromatic N) is 2. The molecule has 1 aromatic rings. The molecule has 1 aliphatic heterocycles. The summed E-state index contributed by atoms with van der Waals surface area (Å²) in [5.74, 6) is 0.215. The molecular weight excluding hydrogens is 204 g/mol. The van der Waals surface area contributed by atoms with Crippen LogP contribution in [0.3, 0.4) is 0 Å². The van der Waals surface area contributed by atoms with Crippen molar-refractivity contribution in [3.05, 3.63) is 23.9 Å². The standard InChI is InChI=1S/C11H16N4O/c12-8-3-2-6-15(7-8)11-9(10(13)16)4-1-5-14-11/h1,4-5,8H,2-3,6-7,12H2,(H2,13,16)/t8-/m1/s1. The van der Waals surface area contributed by atoms with Gasteiger partial charge in [-0.3, -0.25) is 4.79 Å². The van der Waals surface area contributed by atoms with Crippen molar-refractivity contribution >= 4 is 11.7 Å². The molecule has 5 nitrogen and oxygen atoms in total. The van der Waals surface area contributed by atoms with Crippen molar-refractivity contribution in [2.75, 3.05) is 18.0 Å². The number of aromatic nitrogens is 1. The molecule has 16 heavy (non-hydrogen) atoms. The summed E-state index contributed by atoms with van der Waals surface area (Å²) in [6, 6.07) is 3.56. The van der Waals surface area contributed by atoms with Gasteiger partial charge in [0.2, 0.25) is 0 Å². The van der Waals surface area contributed by atoms with E-state index in [0.29, 0.717) is 11.4 Å². The van der Waals surface area contributed by atoms with Crippen LogP contribution < -0.4 is 16.4 Å². The van der Waals surface area contributed by atoms with Gasteiger partial charge < -0.3 is 16.4 Å². The molecule has 0 spiro atoms. The molecule has 5 heteroatoms. The van der Waals surface area contributed by atoms with Gasteiger partial charge in [0.05, 0.1) is 5.56 Å². The van der Waals surface area contributed by atoms with E-state index in [1.807, 2.05) is 4.90 Å². The van der Waals surface area contributed by atoms with Crippen LogP contribution in [-0.4, -0.2) is 30.0 Å². The Balaban J connectivity index is 2.28. The molecule has 1 aromatic heterocycles. The molecule has 0 unspecified atom stereocenters. The largest absolute Gasteiger partial charge is 0.365 e. The van der Waals surface area contributed by atoms with E-state index < -0.39 is 5.91 Å². The SMILES string of the molecule is NC(=O)c1cccnc1N1CCC[C@@H](N)C1. The Kier molecular flexibility index (Phi) is 3.05. The summed E-state index contributed by atoms with van der Waals surface area (Å²) in [5, 5.41) is 0. The lowest BCUT2D eigenvalue weighted by atomic mass is 10.1. The van der Waals surface area contributed by atoms with Gasteiger partial charge in [-0.1, -0.05) is 0 Å². The highest BCUT2D eigenvalue weighted by molar-refractivity contribution is 5.97. The topological polar surface area (TPSA) is 85.2 Å². The van der Waals surface area contributed by atoms with Gasteiger partial charge in [0.15, 0.2) is 0 Å². The molecular formula is C11H16N4O. The van der Waals surface area contributed by atoms with Gasteiger partial charge in [0.1, 0.15) is 5.82 Å². The summed E-state index contributed by atoms with van der Waals surface area (Å²) in [5.41, 5.74) is 11.7. The second kappa shape index (κ2) is 4.49. The van der Waals surface area contributed by atoms with Crippen LogP contribution in [0.15, 0.2) is 18.3 Å². The minimum absolute atomic E-state index is 0.150. The van der Waals surface area contributed by atoms with Crippen LogP contribution in [0.2, 0.25) is 0 Å². The first-order valence-electron chi connectivity index (χ1n) is 5.44. The number of hydrogen-bond acceptors (Lipinski definition) is 4. The fourth-order valence-electron chi connectivity index (χ4n) is 2.04. The van der Waals surface area contributed by atoms with Gasteiger partial charge >= 0.3 is 0 Å². The minimum atomic E-state index is -0.442. The first-order chi connectivity index (χ1) is 7.68. The number of piperidine rings is 1. The molecule has 1 fully saturated rings. The number of primary amides is 1. The highest BCUT2D eigenvalue weighted by Gasteiger charge is 2.21. The van der Waals surface area contributed by atoms with Crippen LogP contribution >= 0.6 is 0 Å². The van der Waals surface area contributed by atoms with Crippen molar-refractivity contribution in [3.8, 4) is 0 Å². The smallest absolute Gasteiger partial charge is 0.252 e. The molecule has 1 amide bonds. The number of nitrogens with two attached hydrogens (primary N) is 2. The molecule has 0 aliphatic carbocycles. The molecule has 1 atom stereocenters. The Morgan fingerprint density at radius 2 is 2.38 bits per heavy atom. The van der Waals surface area contributed by atoms with Gasteiger partial charge in [0, 0.05) is 25.3 Å². The predicted octanol–water partition coefficient (Wildman–Crippen LogP) is 0.108. The Bertz CT molecular complexity index is 393. The van der Waals surface area contributed by atoms with Gasteiger partial charge in [-0.25, -0.2) is 4.98 Å². The maximum absolute atomic E-state index is 11.3. The predicted molar refractivity (Wildman–Crippen MR) is 62.2 cm³/mol. The normalized spacial score (nSPS) is 20.8. The third-order valence-electron chi connectivity index (χ3n) is 2.81. The van der Waals surface area contributed by atoms with Crippen LogP contribution in [0, 0.1) is 0 Å². The highest BCUT2D eigenvalue weighted by atomic mass is 16.1. The zero-order valence-electron chi connectivity index (χ0n) is 9.10. The summed E-state index contributed by atoms with van der Waals surface area (Å²) in [6.07, 6.45) is 3.72. The van der Waals surface area contributed by atoms with Crippen LogP contribution in [0.4, 0.5) is 5.82 Å². The third-order valence-corrected chi connectivity index (χ3v) is 2.81. The number of rotatable bonds is 2. The number of carbonyl (C=O) groups is 1. The van der Waals surface area contributed by atoms with Crippen molar-refractivity contribution in [3.63, 3.8) is 0 Å². The summed E-state index contributed by atoms with van der Waals surface area (Å²) >= 11 is 0. The number of anilines is 1. The summed E-state index contributed by atoms with van der Waals surface area (Å²) < 4.78 is 0. The molecule has 2 rings (SSSR count). The lowest BCUT2D eigenvalue weighted by molar-refractivity contribution is 0.100. The van der Waals surface area contributed by atoms with E-state index in [9.17, 15) is 4.79 Å². The zero-order chi connectivity index (χ0) is 11.5. The van der Waals surface area contributed by atoms with Gasteiger partial charge in [-0.15, -0.1) is 0 Å². The number of hydrogen-bond donors (Lipinski definition) is 2. The van der Waals surface area contributed by atoms with E-state index >= 15 is 0 Å². The Morgan fingerprint density at radius 3 is 3.06 bits per heavy atom. The van der Waals surface area contributed by atoms with Crippen LogP contribution in [0.1, 0.15) is 23.2 Å². The van der Waals surface area contributed by atoms with E-state index in [-0.39, 0.29) is 6.04 Å². The monoisotopic (exact) mass is 220 g/mol. The van der Waals surface area contributed by atoms with Gasteiger partial charge in [-0.05, 0) is 25.0 Å². The lowest BCUT2D eigenvalue weighted by Crippen LogP contribution is -2.43. The molecule has 86 valence electrons. The average molecular weight is 220 g/mol. The maximum atomic E-state index is 11.3. The third kappa shape index (κ3) is 2.14. The number of pyridine rings is 1. The van der Waals surface area contributed by atoms with E-state index in [4.69, 9.17) is 11.5 Å². The first kappa shape index (κ1) is 10.9. The van der Waals surface area contributed by atoms with E-state index in [1.165, 1.54) is 0 Å². The average Bonchev–Trinajstić information content (AvgIpc) is 2.29. The van der Waals surface area contributed by atoms with E-state index in [2.05, 4.69) is 4.98 Å². The first-order valence-corrected chi connectivity index (χ1v) is 5.44. The maximum Gasteiger partial charge on any atom is 0.252 e. The fraction of sp³-hybridized carbons (Fsp3) is 0.455. The summed E-state index contributed by atoms with van der Waals surface area (Å²) in [4.78, 5) is 17.5. The summed E-state index contributed by atoms with van der Waals surface area (Å²) in [7, 11) is 0. The van der Waals surface area contributed by atoms with Crippen molar-refractivity contribution in [2.45, 2.75) is 18.9 Å². The van der Waals surface area contributed by atoms with E-state index in [1.54, 1.807) is 18.3 Å². The van der Waals surface area contributed by atoms with E-state index in [0.717, 1.165) is 25.9 Å². The molecule has 0 radical (unpaired) electrons. The van der Waals surface area contributed by atoms with Crippen molar-refractivity contribution < 1.29 is 4.79 Å². The Hall–Kier alpha value is -1.62. The molecule has 2 heterocycles. The zero-order valence-corrected chi connectivity index (χ0v) is 9.10. The Morgan fingerprint density at radius 1 is 1.56 bits per heavy atom. The molecule has 4 N–H and O–H groups in total. The summed E-state index contributed by atoms with van der Waals surface area (Å²) in [6.45, 7) is 1.61. The molecule has 0 aromatic carbocycles.